The molecule has 1 heterocycles. The summed E-state index contributed by atoms with van der Waals surface area (Å²) in [6.45, 7) is 11.5. The molecule has 4 nitrogen and oxygen atoms in total. The van der Waals surface area contributed by atoms with E-state index in [1.807, 2.05) is 36.5 Å². The van der Waals surface area contributed by atoms with Crippen molar-refractivity contribution in [1.82, 2.24) is 9.66 Å². The highest BCUT2D eigenvalue weighted by molar-refractivity contribution is 5.79. The first-order valence-corrected chi connectivity index (χ1v) is 10.3. The van der Waals surface area contributed by atoms with Crippen molar-refractivity contribution in [2.24, 2.45) is 5.10 Å². The number of hydrogen-bond donors (Lipinski definition) is 1. The molecule has 2 aromatic carbocycles. The minimum Gasteiger partial charge on any atom is -0.368 e. The normalized spacial score (nSPS) is 15.8. The van der Waals surface area contributed by atoms with Crippen LogP contribution < -0.4 is 5.73 Å². The van der Waals surface area contributed by atoms with Gasteiger partial charge in [-0.25, -0.2) is 9.66 Å². The van der Waals surface area contributed by atoms with Crippen LogP contribution in [-0.4, -0.2) is 15.9 Å². The molecule has 0 saturated heterocycles. The van der Waals surface area contributed by atoms with E-state index in [9.17, 15) is 0 Å². The molecule has 0 amide bonds. The van der Waals surface area contributed by atoms with Gasteiger partial charge in [0.15, 0.2) is 0 Å². The van der Waals surface area contributed by atoms with Crippen LogP contribution in [0.5, 0.6) is 0 Å². The van der Waals surface area contributed by atoms with Gasteiger partial charge < -0.3 is 5.73 Å². The molecular formula is C25H30N4. The second-order valence-corrected chi connectivity index (χ2v) is 9.67. The Morgan fingerprint density at radius 1 is 1.14 bits per heavy atom. The maximum Gasteiger partial charge on any atom is 0.221 e. The molecule has 0 unspecified atom stereocenters. The molecule has 3 aromatic rings. The molecule has 0 atom stereocenters. The molecule has 2 N–H and O–H groups in total. The van der Waals surface area contributed by atoms with Crippen LogP contribution in [0.3, 0.4) is 0 Å². The van der Waals surface area contributed by atoms with Gasteiger partial charge in [0.05, 0.1) is 18.1 Å². The summed E-state index contributed by atoms with van der Waals surface area (Å²) < 4.78 is 1.67. The van der Waals surface area contributed by atoms with E-state index < -0.39 is 0 Å². The van der Waals surface area contributed by atoms with Gasteiger partial charge in [0.1, 0.15) is 0 Å². The van der Waals surface area contributed by atoms with E-state index in [1.165, 1.54) is 22.3 Å². The van der Waals surface area contributed by atoms with Crippen LogP contribution >= 0.6 is 0 Å². The highest BCUT2D eigenvalue weighted by Crippen LogP contribution is 2.45. The summed E-state index contributed by atoms with van der Waals surface area (Å²) in [4.78, 5) is 4.67. The summed E-state index contributed by atoms with van der Waals surface area (Å²) in [5.41, 5.74) is 13.8. The number of nitrogens with zero attached hydrogens (tertiary/aromatic N) is 3. The van der Waals surface area contributed by atoms with Crippen LogP contribution in [0.1, 0.15) is 63.3 Å². The topological polar surface area (TPSA) is 56.2 Å². The number of anilines is 1. The molecule has 1 aliphatic carbocycles. The van der Waals surface area contributed by atoms with Gasteiger partial charge >= 0.3 is 0 Å². The first kappa shape index (κ1) is 19.4. The second kappa shape index (κ2) is 6.87. The minimum absolute atomic E-state index is 0.0715. The summed E-state index contributed by atoms with van der Waals surface area (Å²) in [6.07, 6.45) is 5.98. The number of nitrogens with two attached hydrogens (primary N) is 1. The van der Waals surface area contributed by atoms with Gasteiger partial charge in [-0.1, -0.05) is 71.0 Å². The predicted molar refractivity (Wildman–Crippen MR) is 122 cm³/mol. The monoisotopic (exact) mass is 386 g/mol. The lowest BCUT2D eigenvalue weighted by Gasteiger charge is -2.25. The van der Waals surface area contributed by atoms with Crippen molar-refractivity contribution in [3.63, 3.8) is 0 Å². The molecule has 150 valence electrons. The van der Waals surface area contributed by atoms with Crippen LogP contribution in [-0.2, 0) is 17.3 Å². The maximum atomic E-state index is 6.20. The molecule has 0 fully saturated rings. The van der Waals surface area contributed by atoms with E-state index in [2.05, 4.69) is 56.8 Å². The van der Waals surface area contributed by atoms with Crippen LogP contribution in [0.2, 0.25) is 0 Å². The highest BCUT2D eigenvalue weighted by atomic mass is 15.4. The van der Waals surface area contributed by atoms with E-state index in [0.29, 0.717) is 5.95 Å². The van der Waals surface area contributed by atoms with Crippen LogP contribution in [0.4, 0.5) is 5.95 Å². The van der Waals surface area contributed by atoms with E-state index in [-0.39, 0.29) is 10.8 Å². The van der Waals surface area contributed by atoms with Crippen molar-refractivity contribution in [3.8, 4) is 11.3 Å². The molecule has 1 aromatic heterocycles. The number of benzene rings is 2. The van der Waals surface area contributed by atoms with Crippen molar-refractivity contribution < 1.29 is 0 Å². The summed E-state index contributed by atoms with van der Waals surface area (Å²) >= 11 is 0. The zero-order valence-corrected chi connectivity index (χ0v) is 18.0. The van der Waals surface area contributed by atoms with Gasteiger partial charge in [0, 0.05) is 5.56 Å². The zero-order chi connectivity index (χ0) is 20.8. The fraction of sp³-hybridized carbons (Fsp3) is 0.360. The van der Waals surface area contributed by atoms with Crippen molar-refractivity contribution in [2.45, 2.75) is 58.3 Å². The first-order valence-electron chi connectivity index (χ1n) is 10.3. The van der Waals surface area contributed by atoms with Gasteiger partial charge in [-0.3, -0.25) is 0 Å². The lowest BCUT2D eigenvalue weighted by atomic mass is 9.79. The van der Waals surface area contributed by atoms with Crippen molar-refractivity contribution in [2.75, 3.05) is 5.73 Å². The van der Waals surface area contributed by atoms with E-state index in [1.54, 1.807) is 10.9 Å². The lowest BCUT2D eigenvalue weighted by molar-refractivity contribution is 0.519. The Morgan fingerprint density at radius 2 is 1.86 bits per heavy atom. The average molecular weight is 387 g/mol. The Hall–Kier alpha value is -2.88. The number of hydrogen-bond acceptors (Lipinski definition) is 3. The number of aromatic nitrogens is 2. The largest absolute Gasteiger partial charge is 0.368 e. The fourth-order valence-corrected chi connectivity index (χ4v) is 4.05. The zero-order valence-electron chi connectivity index (χ0n) is 18.0. The Morgan fingerprint density at radius 3 is 2.55 bits per heavy atom. The summed E-state index contributed by atoms with van der Waals surface area (Å²) in [7, 11) is 0. The first-order chi connectivity index (χ1) is 13.6. The third-order valence-corrected chi connectivity index (χ3v) is 5.97. The van der Waals surface area contributed by atoms with E-state index >= 15 is 0 Å². The smallest absolute Gasteiger partial charge is 0.221 e. The van der Waals surface area contributed by atoms with Crippen LogP contribution in [0.25, 0.3) is 11.3 Å². The summed E-state index contributed by atoms with van der Waals surface area (Å²) in [5, 5.41) is 4.52. The predicted octanol–water partition coefficient (Wildman–Crippen LogP) is 5.54. The molecule has 0 saturated carbocycles. The molecular weight excluding hydrogens is 356 g/mol. The van der Waals surface area contributed by atoms with Crippen molar-refractivity contribution >= 4 is 12.2 Å². The molecule has 0 radical (unpaired) electrons. The average Bonchev–Trinajstić information content (AvgIpc) is 3.19. The molecule has 0 spiro atoms. The maximum absolute atomic E-state index is 6.20. The van der Waals surface area contributed by atoms with Crippen LogP contribution in [0.15, 0.2) is 53.8 Å². The molecule has 1 aliphatic rings. The van der Waals surface area contributed by atoms with Gasteiger partial charge in [0.2, 0.25) is 5.95 Å². The third-order valence-electron chi connectivity index (χ3n) is 5.97. The molecule has 0 aliphatic heterocycles. The quantitative estimate of drug-likeness (QED) is 0.601. The Bertz CT molecular complexity index is 1070. The van der Waals surface area contributed by atoms with Gasteiger partial charge in [-0.15, -0.1) is 0 Å². The molecule has 4 heteroatoms. The second-order valence-electron chi connectivity index (χ2n) is 9.67. The number of nitrogen functional groups attached to an aromatic ring is 1. The van der Waals surface area contributed by atoms with Crippen molar-refractivity contribution in [3.05, 3.63) is 70.9 Å². The Kier molecular flexibility index (Phi) is 4.60. The van der Waals surface area contributed by atoms with Crippen LogP contribution in [0, 0.1) is 0 Å². The number of imidazole rings is 1. The van der Waals surface area contributed by atoms with Crippen molar-refractivity contribution in [1.29, 1.82) is 0 Å². The Balaban J connectivity index is 1.80. The molecule has 29 heavy (non-hydrogen) atoms. The minimum atomic E-state index is 0.0715. The number of rotatable bonds is 3. The van der Waals surface area contributed by atoms with E-state index in [0.717, 1.165) is 24.1 Å². The molecule has 0 bridgehead atoms. The lowest BCUT2D eigenvalue weighted by Crippen LogP contribution is -2.16. The van der Waals surface area contributed by atoms with Gasteiger partial charge in [-0.05, 0) is 52.0 Å². The fourth-order valence-electron chi connectivity index (χ4n) is 4.05. The van der Waals surface area contributed by atoms with Gasteiger partial charge in [0.25, 0.3) is 0 Å². The SMILES string of the molecule is CC(C)(C)c1cc(-c2cn(/N=C\c3ccccc3)c(N)n2)c2c(c1)C(C)(C)CC2. The van der Waals surface area contributed by atoms with E-state index in [4.69, 9.17) is 5.73 Å². The third kappa shape index (κ3) is 3.71. The summed E-state index contributed by atoms with van der Waals surface area (Å²) in [6, 6.07) is 14.7. The standard InChI is InChI=1S/C25H30N4/c1-24(2,3)18-13-20(19-11-12-25(4,5)21(19)14-18)22-16-29(23(26)28-22)27-15-17-9-7-6-8-10-17/h6-10,13-16H,11-12H2,1-5H3,(H2,26,28)/b27-15-. The number of fused-ring (bicyclic) bond motifs is 1. The Labute approximate surface area is 173 Å². The van der Waals surface area contributed by atoms with Gasteiger partial charge in [-0.2, -0.15) is 5.10 Å². The highest BCUT2D eigenvalue weighted by Gasteiger charge is 2.33. The molecule has 4 rings (SSSR count). The summed E-state index contributed by atoms with van der Waals surface area (Å²) in [5.74, 6) is 0.402.